The highest BCUT2D eigenvalue weighted by Crippen LogP contribution is 2.32. The van der Waals surface area contributed by atoms with Crippen LogP contribution in [-0.4, -0.2) is 79.1 Å². The Morgan fingerprint density at radius 2 is 2.08 bits per heavy atom. The molecule has 130 valence electrons. The summed E-state index contributed by atoms with van der Waals surface area (Å²) in [6.07, 6.45) is 0. The first kappa shape index (κ1) is 16.7. The molecule has 3 rings (SSSR count). The van der Waals surface area contributed by atoms with Gasteiger partial charge in [-0.3, -0.25) is 9.59 Å². The summed E-state index contributed by atoms with van der Waals surface area (Å²) < 4.78 is 0. The second-order valence-electron chi connectivity index (χ2n) is 6.61. The van der Waals surface area contributed by atoms with E-state index in [9.17, 15) is 14.7 Å². The van der Waals surface area contributed by atoms with Gasteiger partial charge in [0.15, 0.2) is 0 Å². The molecule has 0 spiro atoms. The van der Waals surface area contributed by atoms with E-state index in [4.69, 9.17) is 0 Å². The van der Waals surface area contributed by atoms with Crippen LogP contribution in [0.3, 0.4) is 0 Å². The largest absolute Gasteiger partial charge is 0.394 e. The van der Waals surface area contributed by atoms with Crippen molar-refractivity contribution in [3.8, 4) is 0 Å². The molecule has 0 aliphatic carbocycles. The number of aliphatic hydroxyl groups excluding tert-OH is 1. The molecule has 0 saturated carbocycles. The molecule has 2 atom stereocenters. The maximum absolute atomic E-state index is 12.9. The summed E-state index contributed by atoms with van der Waals surface area (Å²) >= 11 is 0. The van der Waals surface area contributed by atoms with Crippen LogP contribution in [-0.2, 0) is 4.79 Å². The number of hydrogen-bond acceptors (Lipinski definition) is 5. The van der Waals surface area contributed by atoms with Gasteiger partial charge < -0.3 is 25.1 Å². The van der Waals surface area contributed by atoms with Gasteiger partial charge in [-0.25, -0.2) is 0 Å². The fourth-order valence-electron chi connectivity index (χ4n) is 3.30. The SMILES string of the molecule is CC1C(=O)Nc2cc(C(=O)N3CCN(C)CC3CO)ccc2N1C. The second kappa shape index (κ2) is 6.41. The Morgan fingerprint density at radius 3 is 2.79 bits per heavy atom. The van der Waals surface area contributed by atoms with Crippen molar-refractivity contribution in [2.45, 2.75) is 19.0 Å². The summed E-state index contributed by atoms with van der Waals surface area (Å²) in [4.78, 5) is 30.6. The average Bonchev–Trinajstić information content (AvgIpc) is 2.58. The molecule has 1 aromatic rings. The Morgan fingerprint density at radius 1 is 1.33 bits per heavy atom. The van der Waals surface area contributed by atoms with Gasteiger partial charge in [0, 0.05) is 32.2 Å². The predicted molar refractivity (Wildman–Crippen MR) is 92.3 cm³/mol. The van der Waals surface area contributed by atoms with Crippen LogP contribution in [0.2, 0.25) is 0 Å². The lowest BCUT2D eigenvalue weighted by Gasteiger charge is -2.39. The van der Waals surface area contributed by atoms with Crippen molar-refractivity contribution < 1.29 is 14.7 Å². The minimum absolute atomic E-state index is 0.0575. The summed E-state index contributed by atoms with van der Waals surface area (Å²) in [5, 5.41) is 12.4. The van der Waals surface area contributed by atoms with Gasteiger partial charge in [-0.05, 0) is 32.2 Å². The van der Waals surface area contributed by atoms with Crippen LogP contribution < -0.4 is 10.2 Å². The zero-order valence-corrected chi connectivity index (χ0v) is 14.3. The number of nitrogens with one attached hydrogen (secondary N) is 1. The minimum Gasteiger partial charge on any atom is -0.394 e. The van der Waals surface area contributed by atoms with Crippen LogP contribution in [0.25, 0.3) is 0 Å². The first-order chi connectivity index (χ1) is 11.4. The standard InChI is InChI=1S/C17H24N4O3/c1-11-16(23)18-14-8-12(4-5-15(14)20(11)3)17(24)21-7-6-19(2)9-13(21)10-22/h4-5,8,11,13,22H,6-7,9-10H2,1-3H3,(H,18,23). The number of nitrogens with zero attached hydrogens (tertiary/aromatic N) is 3. The molecule has 0 bridgehead atoms. The number of benzene rings is 1. The highest BCUT2D eigenvalue weighted by molar-refractivity contribution is 6.05. The van der Waals surface area contributed by atoms with Crippen LogP contribution in [0.5, 0.6) is 0 Å². The zero-order valence-electron chi connectivity index (χ0n) is 14.3. The summed E-state index contributed by atoms with van der Waals surface area (Å²) in [6, 6.07) is 4.93. The number of anilines is 2. The fraction of sp³-hybridized carbons (Fsp3) is 0.529. The first-order valence-corrected chi connectivity index (χ1v) is 8.20. The van der Waals surface area contributed by atoms with E-state index in [0.717, 1.165) is 12.2 Å². The van der Waals surface area contributed by atoms with Crippen molar-refractivity contribution in [1.29, 1.82) is 0 Å². The molecule has 2 aliphatic rings. The van der Waals surface area contributed by atoms with E-state index in [-0.39, 0.29) is 30.5 Å². The number of hydrogen-bond donors (Lipinski definition) is 2. The number of likely N-dealkylation sites (N-methyl/N-ethyl adjacent to an activating group) is 2. The van der Waals surface area contributed by atoms with E-state index in [1.54, 1.807) is 17.0 Å². The Hall–Kier alpha value is -2.12. The fourth-order valence-corrected chi connectivity index (χ4v) is 3.30. The molecular weight excluding hydrogens is 308 g/mol. The van der Waals surface area contributed by atoms with Crippen LogP contribution in [0, 0.1) is 0 Å². The minimum atomic E-state index is -0.240. The summed E-state index contributed by atoms with van der Waals surface area (Å²) in [5.41, 5.74) is 2.08. The van der Waals surface area contributed by atoms with Gasteiger partial charge >= 0.3 is 0 Å². The molecule has 1 saturated heterocycles. The summed E-state index contributed by atoms with van der Waals surface area (Å²) in [7, 11) is 3.85. The first-order valence-electron chi connectivity index (χ1n) is 8.20. The maximum atomic E-state index is 12.9. The zero-order chi connectivity index (χ0) is 17.4. The second-order valence-corrected chi connectivity index (χ2v) is 6.61. The van der Waals surface area contributed by atoms with Crippen LogP contribution in [0.15, 0.2) is 18.2 Å². The Bertz CT molecular complexity index is 663. The number of carbonyl (C=O) groups is 2. The van der Waals surface area contributed by atoms with Gasteiger partial charge in [-0.15, -0.1) is 0 Å². The molecule has 1 fully saturated rings. The van der Waals surface area contributed by atoms with E-state index < -0.39 is 0 Å². The molecule has 2 heterocycles. The Balaban J connectivity index is 1.86. The predicted octanol–water partition coefficient (Wildman–Crippen LogP) is 0.212. The number of rotatable bonds is 2. The van der Waals surface area contributed by atoms with Crippen molar-refractivity contribution in [2.75, 3.05) is 50.6 Å². The van der Waals surface area contributed by atoms with Gasteiger partial charge in [-0.2, -0.15) is 0 Å². The van der Waals surface area contributed by atoms with Crippen molar-refractivity contribution in [2.24, 2.45) is 0 Å². The highest BCUT2D eigenvalue weighted by Gasteiger charge is 2.31. The average molecular weight is 332 g/mol. The van der Waals surface area contributed by atoms with Gasteiger partial charge in [0.2, 0.25) is 5.91 Å². The number of piperazine rings is 1. The molecular formula is C17H24N4O3. The van der Waals surface area contributed by atoms with Gasteiger partial charge in [-0.1, -0.05) is 0 Å². The lowest BCUT2D eigenvalue weighted by atomic mass is 10.1. The Kier molecular flexibility index (Phi) is 4.47. The van der Waals surface area contributed by atoms with E-state index >= 15 is 0 Å². The molecule has 2 amide bonds. The molecule has 24 heavy (non-hydrogen) atoms. The highest BCUT2D eigenvalue weighted by atomic mass is 16.3. The van der Waals surface area contributed by atoms with E-state index in [1.807, 2.05) is 32.0 Å². The van der Waals surface area contributed by atoms with Crippen LogP contribution >= 0.6 is 0 Å². The smallest absolute Gasteiger partial charge is 0.254 e. The van der Waals surface area contributed by atoms with Crippen molar-refractivity contribution >= 4 is 23.2 Å². The third kappa shape index (κ3) is 2.85. The maximum Gasteiger partial charge on any atom is 0.254 e. The molecule has 2 N–H and O–H groups in total. The molecule has 2 unspecified atom stereocenters. The van der Waals surface area contributed by atoms with Crippen molar-refractivity contribution in [3.63, 3.8) is 0 Å². The number of aliphatic hydroxyl groups is 1. The summed E-state index contributed by atoms with van der Waals surface area (Å²) in [5.74, 6) is -0.192. The molecule has 2 aliphatic heterocycles. The lowest BCUT2D eigenvalue weighted by Crippen LogP contribution is -2.55. The molecule has 0 aromatic heterocycles. The monoisotopic (exact) mass is 332 g/mol. The van der Waals surface area contributed by atoms with E-state index in [0.29, 0.717) is 24.3 Å². The Labute approximate surface area is 141 Å². The molecule has 7 nitrogen and oxygen atoms in total. The number of amides is 2. The van der Waals surface area contributed by atoms with Gasteiger partial charge in [0.25, 0.3) is 5.91 Å². The summed E-state index contributed by atoms with van der Waals surface area (Å²) in [6.45, 7) is 3.81. The van der Waals surface area contributed by atoms with Gasteiger partial charge in [0.05, 0.1) is 24.0 Å². The van der Waals surface area contributed by atoms with Crippen molar-refractivity contribution in [3.05, 3.63) is 23.8 Å². The number of fused-ring (bicyclic) bond motifs is 1. The molecule has 7 heteroatoms. The van der Waals surface area contributed by atoms with Crippen LogP contribution in [0.1, 0.15) is 17.3 Å². The van der Waals surface area contributed by atoms with Crippen LogP contribution in [0.4, 0.5) is 11.4 Å². The lowest BCUT2D eigenvalue weighted by molar-refractivity contribution is -0.117. The quantitative estimate of drug-likeness (QED) is 0.810. The van der Waals surface area contributed by atoms with Crippen molar-refractivity contribution in [1.82, 2.24) is 9.80 Å². The van der Waals surface area contributed by atoms with E-state index in [1.165, 1.54) is 0 Å². The molecule has 0 radical (unpaired) electrons. The molecule has 1 aromatic carbocycles. The number of carbonyl (C=O) groups excluding carboxylic acids is 2. The third-order valence-corrected chi connectivity index (χ3v) is 5.00. The normalized spacial score (nSPS) is 24.6. The van der Waals surface area contributed by atoms with Gasteiger partial charge in [0.1, 0.15) is 6.04 Å². The van der Waals surface area contributed by atoms with E-state index in [2.05, 4.69) is 10.2 Å². The third-order valence-electron chi connectivity index (χ3n) is 5.00. The topological polar surface area (TPSA) is 76.1 Å².